The van der Waals surface area contributed by atoms with Crippen molar-refractivity contribution in [3.63, 3.8) is 0 Å². The maximum absolute atomic E-state index is 12.0. The van der Waals surface area contributed by atoms with Crippen molar-refractivity contribution < 1.29 is 14.3 Å². The summed E-state index contributed by atoms with van der Waals surface area (Å²) in [6.45, 7) is 2.44. The summed E-state index contributed by atoms with van der Waals surface area (Å²) < 4.78 is 4.98. The summed E-state index contributed by atoms with van der Waals surface area (Å²) in [6.07, 6.45) is 3.08. The summed E-state index contributed by atoms with van der Waals surface area (Å²) in [5.74, 6) is -0.103. The number of benzene rings is 1. The summed E-state index contributed by atoms with van der Waals surface area (Å²) in [6, 6.07) is 9.54. The molecule has 0 saturated heterocycles. The molecule has 0 fully saturated rings. The van der Waals surface area contributed by atoms with E-state index in [0.29, 0.717) is 32.3 Å². The second-order valence-corrected chi connectivity index (χ2v) is 4.72. The lowest BCUT2D eigenvalue weighted by Gasteiger charge is -2.17. The lowest BCUT2D eigenvalue weighted by atomic mass is 10.1. The van der Waals surface area contributed by atoms with Crippen LogP contribution in [0, 0.1) is 0 Å². The van der Waals surface area contributed by atoms with Crippen molar-refractivity contribution in [3.8, 4) is 0 Å². The Morgan fingerprint density at radius 1 is 1.10 bits per heavy atom. The maximum Gasteiger partial charge on any atom is 0.305 e. The van der Waals surface area contributed by atoms with Gasteiger partial charge in [0.15, 0.2) is 0 Å². The number of esters is 1. The van der Waals surface area contributed by atoms with E-state index in [1.54, 1.807) is 11.9 Å². The fourth-order valence-electron chi connectivity index (χ4n) is 1.80. The molecule has 1 amide bonds. The standard InChI is InChI=1S/C16H23NO3/c1-3-13-20-16(19)12-8-7-11-15(18)17(2)14-9-5-4-6-10-14/h4-6,9-10H,3,7-8,11-13H2,1-2H3. The minimum Gasteiger partial charge on any atom is -0.466 e. The first-order valence-corrected chi connectivity index (χ1v) is 7.12. The Kier molecular flexibility index (Phi) is 7.40. The van der Waals surface area contributed by atoms with E-state index in [-0.39, 0.29) is 11.9 Å². The van der Waals surface area contributed by atoms with Gasteiger partial charge in [-0.05, 0) is 31.4 Å². The Bertz CT molecular complexity index is 417. The van der Waals surface area contributed by atoms with Gasteiger partial charge in [0.25, 0.3) is 0 Å². The molecular formula is C16H23NO3. The van der Waals surface area contributed by atoms with Gasteiger partial charge in [-0.3, -0.25) is 9.59 Å². The van der Waals surface area contributed by atoms with Gasteiger partial charge in [0, 0.05) is 25.6 Å². The van der Waals surface area contributed by atoms with Crippen molar-refractivity contribution in [3.05, 3.63) is 30.3 Å². The third-order valence-corrected chi connectivity index (χ3v) is 3.01. The molecule has 4 heteroatoms. The summed E-state index contributed by atoms with van der Waals surface area (Å²) in [7, 11) is 1.77. The number of rotatable bonds is 8. The molecule has 110 valence electrons. The van der Waals surface area contributed by atoms with Crippen molar-refractivity contribution in [2.24, 2.45) is 0 Å². The molecule has 4 nitrogen and oxygen atoms in total. The molecule has 0 heterocycles. The number of carbonyl (C=O) groups is 2. The zero-order valence-electron chi connectivity index (χ0n) is 12.3. The SMILES string of the molecule is CCCOC(=O)CCCCC(=O)N(C)c1ccccc1. The van der Waals surface area contributed by atoms with Gasteiger partial charge < -0.3 is 9.64 Å². The van der Waals surface area contributed by atoms with Gasteiger partial charge in [-0.25, -0.2) is 0 Å². The highest BCUT2D eigenvalue weighted by molar-refractivity contribution is 5.92. The molecule has 20 heavy (non-hydrogen) atoms. The smallest absolute Gasteiger partial charge is 0.305 e. The Hall–Kier alpha value is -1.84. The van der Waals surface area contributed by atoms with Crippen LogP contribution in [0.3, 0.4) is 0 Å². The van der Waals surface area contributed by atoms with Crippen LogP contribution in [0.25, 0.3) is 0 Å². The number of nitrogens with zero attached hydrogens (tertiary/aromatic N) is 1. The minimum absolute atomic E-state index is 0.0677. The molecule has 0 aliphatic heterocycles. The van der Waals surface area contributed by atoms with E-state index in [1.165, 1.54) is 0 Å². The van der Waals surface area contributed by atoms with E-state index in [1.807, 2.05) is 37.3 Å². The molecule has 0 aromatic heterocycles. The highest BCUT2D eigenvalue weighted by Crippen LogP contribution is 2.13. The van der Waals surface area contributed by atoms with Crippen LogP contribution in [-0.2, 0) is 14.3 Å². The van der Waals surface area contributed by atoms with Crippen LogP contribution < -0.4 is 4.90 Å². The molecule has 0 N–H and O–H groups in total. The molecule has 1 aromatic carbocycles. The largest absolute Gasteiger partial charge is 0.466 e. The van der Waals surface area contributed by atoms with Crippen molar-refractivity contribution in [2.75, 3.05) is 18.6 Å². The first-order chi connectivity index (χ1) is 9.65. The third kappa shape index (κ3) is 5.87. The number of carbonyl (C=O) groups excluding carboxylic acids is 2. The quantitative estimate of drug-likeness (QED) is 0.541. The Balaban J connectivity index is 2.22. The fraction of sp³-hybridized carbons (Fsp3) is 0.500. The van der Waals surface area contributed by atoms with Crippen LogP contribution in [0.5, 0.6) is 0 Å². The fourth-order valence-corrected chi connectivity index (χ4v) is 1.80. The first kappa shape index (κ1) is 16.2. The van der Waals surface area contributed by atoms with Crippen LogP contribution >= 0.6 is 0 Å². The monoisotopic (exact) mass is 277 g/mol. The van der Waals surface area contributed by atoms with Gasteiger partial charge in [0.05, 0.1) is 6.61 Å². The van der Waals surface area contributed by atoms with Crippen molar-refractivity contribution in [2.45, 2.75) is 39.0 Å². The lowest BCUT2D eigenvalue weighted by Crippen LogP contribution is -2.25. The molecule has 0 aliphatic rings. The van der Waals surface area contributed by atoms with E-state index in [2.05, 4.69) is 0 Å². The number of para-hydroxylation sites is 1. The van der Waals surface area contributed by atoms with Crippen LogP contribution in [0.4, 0.5) is 5.69 Å². The molecule has 0 radical (unpaired) electrons. The molecule has 0 bridgehead atoms. The van der Waals surface area contributed by atoms with E-state index < -0.39 is 0 Å². The van der Waals surface area contributed by atoms with Crippen LogP contribution in [0.1, 0.15) is 39.0 Å². The Morgan fingerprint density at radius 2 is 1.75 bits per heavy atom. The zero-order valence-corrected chi connectivity index (χ0v) is 12.3. The summed E-state index contributed by atoms with van der Waals surface area (Å²) in [5.41, 5.74) is 0.889. The molecule has 1 rings (SSSR count). The molecule has 0 aliphatic carbocycles. The number of ether oxygens (including phenoxy) is 1. The van der Waals surface area contributed by atoms with Gasteiger partial charge in [-0.1, -0.05) is 25.1 Å². The van der Waals surface area contributed by atoms with Crippen LogP contribution in [0.15, 0.2) is 30.3 Å². The molecule has 1 aromatic rings. The maximum atomic E-state index is 12.0. The van der Waals surface area contributed by atoms with Gasteiger partial charge in [-0.15, -0.1) is 0 Å². The number of unbranched alkanes of at least 4 members (excludes halogenated alkanes) is 1. The third-order valence-electron chi connectivity index (χ3n) is 3.01. The van der Waals surface area contributed by atoms with Crippen LogP contribution in [0.2, 0.25) is 0 Å². The van der Waals surface area contributed by atoms with E-state index >= 15 is 0 Å². The van der Waals surface area contributed by atoms with Crippen molar-refractivity contribution in [1.82, 2.24) is 0 Å². The molecular weight excluding hydrogens is 254 g/mol. The number of amides is 1. The average Bonchev–Trinajstić information content (AvgIpc) is 2.49. The average molecular weight is 277 g/mol. The summed E-state index contributed by atoms with van der Waals surface area (Å²) >= 11 is 0. The topological polar surface area (TPSA) is 46.6 Å². The lowest BCUT2D eigenvalue weighted by molar-refractivity contribution is -0.143. The van der Waals surface area contributed by atoms with Gasteiger partial charge in [0.1, 0.15) is 0 Å². The van der Waals surface area contributed by atoms with E-state index in [4.69, 9.17) is 4.74 Å². The van der Waals surface area contributed by atoms with E-state index in [0.717, 1.165) is 12.1 Å². The minimum atomic E-state index is -0.171. The van der Waals surface area contributed by atoms with Crippen molar-refractivity contribution in [1.29, 1.82) is 0 Å². The predicted molar refractivity (Wildman–Crippen MR) is 79.6 cm³/mol. The Morgan fingerprint density at radius 3 is 2.40 bits per heavy atom. The van der Waals surface area contributed by atoms with Gasteiger partial charge >= 0.3 is 5.97 Å². The summed E-state index contributed by atoms with van der Waals surface area (Å²) in [4.78, 5) is 24.9. The van der Waals surface area contributed by atoms with Gasteiger partial charge in [0.2, 0.25) is 5.91 Å². The molecule has 0 spiro atoms. The number of hydrogen-bond acceptors (Lipinski definition) is 3. The predicted octanol–water partition coefficient (Wildman–Crippen LogP) is 3.16. The van der Waals surface area contributed by atoms with Crippen LogP contribution in [-0.4, -0.2) is 25.5 Å². The zero-order chi connectivity index (χ0) is 14.8. The highest BCUT2D eigenvalue weighted by atomic mass is 16.5. The number of hydrogen-bond donors (Lipinski definition) is 0. The Labute approximate surface area is 120 Å². The highest BCUT2D eigenvalue weighted by Gasteiger charge is 2.10. The van der Waals surface area contributed by atoms with E-state index in [9.17, 15) is 9.59 Å². The second-order valence-electron chi connectivity index (χ2n) is 4.72. The normalized spacial score (nSPS) is 10.1. The number of anilines is 1. The van der Waals surface area contributed by atoms with Gasteiger partial charge in [-0.2, -0.15) is 0 Å². The summed E-state index contributed by atoms with van der Waals surface area (Å²) in [5, 5.41) is 0. The molecule has 0 unspecified atom stereocenters. The second kappa shape index (κ2) is 9.13. The molecule has 0 saturated carbocycles. The van der Waals surface area contributed by atoms with Crippen molar-refractivity contribution >= 4 is 17.6 Å². The molecule has 0 atom stereocenters. The first-order valence-electron chi connectivity index (χ1n) is 7.12.